The quantitative estimate of drug-likeness (QED) is 0.318. The fraction of sp³-hybridized carbons (Fsp3) is 0.448. The lowest BCUT2D eigenvalue weighted by atomic mass is 10.1. The molecule has 206 valence electrons. The van der Waals surface area contributed by atoms with Crippen LogP contribution in [-0.4, -0.2) is 85.8 Å². The number of amides is 1. The number of aromatic nitrogens is 1. The summed E-state index contributed by atoms with van der Waals surface area (Å²) >= 11 is 0. The van der Waals surface area contributed by atoms with Crippen LogP contribution in [0.15, 0.2) is 41.3 Å². The normalized spacial score (nSPS) is 17.2. The maximum absolute atomic E-state index is 15.5. The van der Waals surface area contributed by atoms with Crippen LogP contribution in [0.25, 0.3) is 16.6 Å². The van der Waals surface area contributed by atoms with Crippen molar-refractivity contribution >= 4 is 22.5 Å². The lowest BCUT2D eigenvalue weighted by molar-refractivity contribution is 0.0374. The molecule has 1 aromatic heterocycles. The highest BCUT2D eigenvalue weighted by Crippen LogP contribution is 2.44. The number of halogens is 1. The first-order valence-corrected chi connectivity index (χ1v) is 13.8. The monoisotopic (exact) mass is 535 g/mol. The van der Waals surface area contributed by atoms with Crippen molar-refractivity contribution in [3.8, 4) is 17.2 Å². The van der Waals surface area contributed by atoms with Crippen molar-refractivity contribution in [2.24, 2.45) is 0 Å². The lowest BCUT2D eigenvalue weighted by Crippen LogP contribution is -2.38. The van der Waals surface area contributed by atoms with Gasteiger partial charge in [0.2, 0.25) is 5.43 Å². The summed E-state index contributed by atoms with van der Waals surface area (Å²) in [6.07, 6.45) is 4.69. The Morgan fingerprint density at radius 3 is 2.59 bits per heavy atom. The topological polar surface area (TPSA) is 88.1 Å². The van der Waals surface area contributed by atoms with E-state index in [9.17, 15) is 9.59 Å². The number of para-hydroxylation sites is 2. The van der Waals surface area contributed by atoms with Crippen LogP contribution in [0.1, 0.15) is 29.6 Å². The van der Waals surface area contributed by atoms with Gasteiger partial charge < -0.3 is 29.6 Å². The molecule has 2 fully saturated rings. The number of likely N-dealkylation sites (tertiary alicyclic amines) is 1. The lowest BCUT2D eigenvalue weighted by Gasteiger charge is -2.27. The van der Waals surface area contributed by atoms with Crippen LogP contribution in [0.3, 0.4) is 0 Å². The number of hydrogen-bond acceptors (Lipinski definition) is 7. The largest absolute Gasteiger partial charge is 0.451 e. The highest BCUT2D eigenvalue weighted by molar-refractivity contribution is 6.01. The molecule has 10 heteroatoms. The van der Waals surface area contributed by atoms with E-state index in [0.29, 0.717) is 30.0 Å². The van der Waals surface area contributed by atoms with Crippen LogP contribution in [0.4, 0.5) is 10.1 Å². The molecule has 0 unspecified atom stereocenters. The standard InChI is InChI=1S/C29H34FN5O4/c30-22-18-20-26-28(25(22)31-9-13-33-10-3-4-11-33)39-24-7-2-1-6-23(24)35(26)19-21(27(20)36)29(37)32-8-5-12-34-14-16-38-17-15-34/h1-2,6-7,18-19,31H,3-5,8-17H2,(H,32,37). The zero-order valence-electron chi connectivity index (χ0n) is 22.0. The van der Waals surface area contributed by atoms with Gasteiger partial charge >= 0.3 is 0 Å². The second kappa shape index (κ2) is 11.3. The predicted molar refractivity (Wildman–Crippen MR) is 148 cm³/mol. The van der Waals surface area contributed by atoms with E-state index in [0.717, 1.165) is 58.9 Å². The molecular formula is C29H34FN5O4. The number of ether oxygens (including phenoxy) is 2. The van der Waals surface area contributed by atoms with Gasteiger partial charge in [0.15, 0.2) is 17.3 Å². The molecule has 3 aliphatic rings. The van der Waals surface area contributed by atoms with E-state index in [4.69, 9.17) is 9.47 Å². The first kappa shape index (κ1) is 25.8. The molecule has 0 spiro atoms. The Morgan fingerprint density at radius 1 is 1.00 bits per heavy atom. The number of nitrogens with one attached hydrogen (secondary N) is 2. The number of carbonyl (C=O) groups is 1. The zero-order valence-corrected chi connectivity index (χ0v) is 22.0. The average Bonchev–Trinajstić information content (AvgIpc) is 3.48. The Balaban J connectivity index is 1.29. The van der Waals surface area contributed by atoms with Gasteiger partial charge in [-0.05, 0) is 57.1 Å². The summed E-state index contributed by atoms with van der Waals surface area (Å²) in [5, 5.41) is 6.21. The van der Waals surface area contributed by atoms with Gasteiger partial charge in [0.25, 0.3) is 5.91 Å². The number of carbonyl (C=O) groups excluding carboxylic acids is 1. The third kappa shape index (κ3) is 5.24. The summed E-state index contributed by atoms with van der Waals surface area (Å²) in [5.41, 5.74) is 0.827. The fourth-order valence-corrected chi connectivity index (χ4v) is 5.66. The molecule has 0 aliphatic carbocycles. The molecule has 0 radical (unpaired) electrons. The molecule has 0 bridgehead atoms. The Hall–Kier alpha value is -3.47. The maximum Gasteiger partial charge on any atom is 0.256 e. The number of pyridine rings is 1. The smallest absolute Gasteiger partial charge is 0.256 e. The van der Waals surface area contributed by atoms with Gasteiger partial charge in [0, 0.05) is 38.9 Å². The maximum atomic E-state index is 15.5. The SMILES string of the molecule is O=C(NCCCN1CCOCC1)c1cn2c3c(c(NCCN4CCCC4)c(F)cc3c1=O)Oc1ccccc1-2. The van der Waals surface area contributed by atoms with Crippen molar-refractivity contribution in [3.05, 3.63) is 58.1 Å². The van der Waals surface area contributed by atoms with Gasteiger partial charge in [0.1, 0.15) is 16.8 Å². The third-order valence-corrected chi connectivity index (χ3v) is 7.75. The van der Waals surface area contributed by atoms with Crippen molar-refractivity contribution in [3.63, 3.8) is 0 Å². The minimum absolute atomic E-state index is 0.0225. The minimum atomic E-state index is -0.579. The first-order valence-electron chi connectivity index (χ1n) is 13.8. The number of morpholine rings is 1. The van der Waals surface area contributed by atoms with Gasteiger partial charge in [-0.15, -0.1) is 0 Å². The molecule has 4 heterocycles. The molecule has 0 atom stereocenters. The van der Waals surface area contributed by atoms with Crippen LogP contribution in [0.5, 0.6) is 11.5 Å². The molecule has 2 saturated heterocycles. The van der Waals surface area contributed by atoms with Gasteiger partial charge in [-0.3, -0.25) is 14.5 Å². The van der Waals surface area contributed by atoms with Gasteiger partial charge in [-0.2, -0.15) is 0 Å². The summed E-state index contributed by atoms with van der Waals surface area (Å²) in [4.78, 5) is 31.3. The molecule has 6 rings (SSSR count). The van der Waals surface area contributed by atoms with Crippen LogP contribution in [0, 0.1) is 5.82 Å². The molecular weight excluding hydrogens is 501 g/mol. The van der Waals surface area contributed by atoms with Crippen molar-refractivity contribution in [2.45, 2.75) is 19.3 Å². The van der Waals surface area contributed by atoms with Crippen LogP contribution >= 0.6 is 0 Å². The fourth-order valence-electron chi connectivity index (χ4n) is 5.66. The number of anilines is 1. The van der Waals surface area contributed by atoms with Gasteiger partial charge in [-0.1, -0.05) is 12.1 Å². The van der Waals surface area contributed by atoms with E-state index in [1.165, 1.54) is 18.9 Å². The van der Waals surface area contributed by atoms with Crippen molar-refractivity contribution in [1.82, 2.24) is 19.7 Å². The first-order chi connectivity index (χ1) is 19.1. The number of fused-ring (bicyclic) bond motifs is 2. The zero-order chi connectivity index (χ0) is 26.8. The van der Waals surface area contributed by atoms with E-state index < -0.39 is 17.2 Å². The molecule has 3 aromatic rings. The Morgan fingerprint density at radius 2 is 1.77 bits per heavy atom. The summed E-state index contributed by atoms with van der Waals surface area (Å²) in [5.74, 6) is -0.254. The van der Waals surface area contributed by atoms with E-state index >= 15 is 4.39 Å². The number of benzene rings is 2. The molecule has 9 nitrogen and oxygen atoms in total. The minimum Gasteiger partial charge on any atom is -0.451 e. The van der Waals surface area contributed by atoms with Gasteiger partial charge in [0.05, 0.1) is 24.3 Å². The highest BCUT2D eigenvalue weighted by Gasteiger charge is 2.28. The second-order valence-corrected chi connectivity index (χ2v) is 10.3. The van der Waals surface area contributed by atoms with E-state index in [2.05, 4.69) is 20.4 Å². The number of hydrogen-bond donors (Lipinski definition) is 2. The molecule has 39 heavy (non-hydrogen) atoms. The van der Waals surface area contributed by atoms with Crippen molar-refractivity contribution < 1.29 is 18.7 Å². The van der Waals surface area contributed by atoms with Crippen LogP contribution in [0.2, 0.25) is 0 Å². The molecule has 0 saturated carbocycles. The van der Waals surface area contributed by atoms with Gasteiger partial charge in [-0.25, -0.2) is 4.39 Å². The molecule has 1 amide bonds. The van der Waals surface area contributed by atoms with E-state index in [1.54, 1.807) is 16.8 Å². The molecule has 3 aliphatic heterocycles. The van der Waals surface area contributed by atoms with Crippen LogP contribution in [-0.2, 0) is 4.74 Å². The number of rotatable bonds is 9. The summed E-state index contributed by atoms with van der Waals surface area (Å²) in [6, 6.07) is 8.58. The Bertz CT molecular complexity index is 1430. The third-order valence-electron chi connectivity index (χ3n) is 7.75. The van der Waals surface area contributed by atoms with E-state index in [1.807, 2.05) is 18.2 Å². The Labute approximate surface area is 226 Å². The van der Waals surface area contributed by atoms with Crippen LogP contribution < -0.4 is 20.8 Å². The van der Waals surface area contributed by atoms with Crippen molar-refractivity contribution in [2.75, 3.05) is 70.9 Å². The molecule has 2 aromatic carbocycles. The summed E-state index contributed by atoms with van der Waals surface area (Å²) in [7, 11) is 0. The molecule has 2 N–H and O–H groups in total. The summed E-state index contributed by atoms with van der Waals surface area (Å²) < 4.78 is 28.9. The number of nitrogens with zero attached hydrogens (tertiary/aromatic N) is 3. The average molecular weight is 536 g/mol. The summed E-state index contributed by atoms with van der Waals surface area (Å²) in [6.45, 7) is 7.95. The second-order valence-electron chi connectivity index (χ2n) is 10.3. The highest BCUT2D eigenvalue weighted by atomic mass is 19.1. The Kier molecular flexibility index (Phi) is 7.49. The van der Waals surface area contributed by atoms with Crippen molar-refractivity contribution in [1.29, 1.82) is 0 Å². The van der Waals surface area contributed by atoms with E-state index in [-0.39, 0.29) is 22.4 Å². The predicted octanol–water partition coefficient (Wildman–Crippen LogP) is 3.20.